The van der Waals surface area contributed by atoms with Crippen LogP contribution in [0.4, 0.5) is 9.15 Å². The molecule has 0 aliphatic carbocycles. The molecular formula is C6H13F2N4VW-. The van der Waals surface area contributed by atoms with Crippen molar-refractivity contribution < 1.29 is 48.8 Å². The predicted octanol–water partition coefficient (Wildman–Crippen LogP) is 2.51. The Hall–Kier alpha value is 0.403. The van der Waals surface area contributed by atoms with Crippen LogP contribution in [0.2, 0.25) is 0 Å². The van der Waals surface area contributed by atoms with Crippen molar-refractivity contribution in [3.63, 3.8) is 0 Å². The van der Waals surface area contributed by atoms with E-state index in [1.807, 2.05) is 4.90 Å². The maximum Gasteiger partial charge on any atom is 2.00 e. The fourth-order valence-electron chi connectivity index (χ4n) is 0.371. The fourth-order valence-corrected chi connectivity index (χ4v) is 0.371. The van der Waals surface area contributed by atoms with Gasteiger partial charge < -0.3 is 26.2 Å². The van der Waals surface area contributed by atoms with Crippen molar-refractivity contribution in [3.05, 3.63) is 31.7 Å². The van der Waals surface area contributed by atoms with Crippen LogP contribution in [-0.4, -0.2) is 24.7 Å². The quantitative estimate of drug-likeness (QED) is 0.302. The Morgan fingerprint density at radius 3 is 1.86 bits per heavy atom. The van der Waals surface area contributed by atoms with Crippen molar-refractivity contribution in [1.29, 1.82) is 0 Å². The number of hydrogen-bond donors (Lipinski definition) is 0. The van der Waals surface area contributed by atoms with Crippen molar-refractivity contribution in [2.24, 2.45) is 5.11 Å². The molecule has 0 bridgehead atoms. The van der Waals surface area contributed by atoms with E-state index in [2.05, 4.69) is 23.9 Å². The average molecular weight is 414 g/mol. The van der Waals surface area contributed by atoms with Gasteiger partial charge in [0, 0.05) is 35.1 Å². The molecule has 0 spiro atoms. The third-order valence-corrected chi connectivity index (χ3v) is 0.959. The van der Waals surface area contributed by atoms with E-state index in [0.29, 0.717) is 19.8 Å². The molecule has 4 nitrogen and oxygen atoms in total. The minimum atomic E-state index is 0. The molecule has 0 aromatic heterocycles. The molecule has 0 aromatic carbocycles. The first-order valence-corrected chi connectivity index (χ1v) is 2.81. The largest absolute Gasteiger partial charge is 2.00 e. The fraction of sp³-hybridized carbons (Fsp3) is 0.500. The SMILES string of the molecule is FF.[CH2-]CN(C[CH2-])CN=[N+]=[N-].[CH3-].[V+2].[W]. The van der Waals surface area contributed by atoms with Gasteiger partial charge in [-0.05, 0) is 5.53 Å². The average Bonchev–Trinajstić information content (AvgIpc) is 2.10. The van der Waals surface area contributed by atoms with E-state index in [0.717, 1.165) is 0 Å². The second kappa shape index (κ2) is 29.2. The van der Waals surface area contributed by atoms with Crippen LogP contribution < -0.4 is 0 Å². The summed E-state index contributed by atoms with van der Waals surface area (Å²) in [5.74, 6) is 0. The first kappa shape index (κ1) is 29.3. The van der Waals surface area contributed by atoms with Crippen LogP contribution in [0.5, 0.6) is 0 Å². The summed E-state index contributed by atoms with van der Waals surface area (Å²) < 4.78 is 16.0. The Morgan fingerprint density at radius 2 is 1.64 bits per heavy atom. The predicted molar refractivity (Wildman–Crippen MR) is 44.9 cm³/mol. The van der Waals surface area contributed by atoms with Crippen LogP contribution >= 0.6 is 0 Å². The third-order valence-electron chi connectivity index (χ3n) is 0.959. The van der Waals surface area contributed by atoms with E-state index >= 15 is 0 Å². The molecular weight excluding hydrogens is 401 g/mol. The molecule has 0 aliphatic heterocycles. The van der Waals surface area contributed by atoms with Gasteiger partial charge in [-0.3, -0.25) is 0 Å². The molecule has 0 saturated carbocycles. The second-order valence-corrected chi connectivity index (χ2v) is 1.49. The molecule has 0 fully saturated rings. The molecule has 0 amide bonds. The number of azide groups is 1. The second-order valence-electron chi connectivity index (χ2n) is 1.49. The van der Waals surface area contributed by atoms with E-state index in [1.165, 1.54) is 0 Å². The minimum Gasteiger partial charge on any atom is -0.358 e. The van der Waals surface area contributed by atoms with Crippen molar-refractivity contribution in [2.75, 3.05) is 19.8 Å². The van der Waals surface area contributed by atoms with Crippen LogP contribution in [0, 0.1) is 21.3 Å². The number of rotatable bonds is 4. The van der Waals surface area contributed by atoms with Gasteiger partial charge in [-0.2, -0.15) is 0 Å². The first-order valence-electron chi connectivity index (χ1n) is 2.81. The Labute approximate surface area is 110 Å². The van der Waals surface area contributed by atoms with Gasteiger partial charge >= 0.3 is 18.6 Å². The number of hydrogen-bond acceptors (Lipinski definition) is 2. The van der Waals surface area contributed by atoms with Crippen molar-refractivity contribution >= 4 is 0 Å². The molecule has 14 heavy (non-hydrogen) atoms. The Balaban J connectivity index is -0.0000000505. The van der Waals surface area contributed by atoms with Crippen molar-refractivity contribution in [1.82, 2.24) is 4.90 Å². The minimum absolute atomic E-state index is 0. The molecule has 0 aromatic rings. The summed E-state index contributed by atoms with van der Waals surface area (Å²) in [6, 6.07) is 0. The number of nitrogens with zero attached hydrogens (tertiary/aromatic N) is 4. The van der Waals surface area contributed by atoms with Gasteiger partial charge in [-0.25, -0.2) is 0 Å². The van der Waals surface area contributed by atoms with Crippen molar-refractivity contribution in [3.8, 4) is 0 Å². The number of halogens is 2. The molecule has 1 radical (unpaired) electrons. The van der Waals surface area contributed by atoms with Gasteiger partial charge in [0.1, 0.15) is 0 Å². The summed E-state index contributed by atoms with van der Waals surface area (Å²) in [4.78, 5) is 4.42. The van der Waals surface area contributed by atoms with E-state index in [1.54, 1.807) is 0 Å². The molecule has 8 heteroatoms. The molecule has 83 valence electrons. The zero-order valence-electron chi connectivity index (χ0n) is 7.94. The Morgan fingerprint density at radius 1 is 1.29 bits per heavy atom. The monoisotopic (exact) mass is 414 g/mol. The van der Waals surface area contributed by atoms with E-state index in [4.69, 9.17) is 14.7 Å². The van der Waals surface area contributed by atoms with Crippen LogP contribution in [0.1, 0.15) is 0 Å². The third kappa shape index (κ3) is 22.8. The van der Waals surface area contributed by atoms with Gasteiger partial charge in [0.25, 0.3) is 0 Å². The molecule has 0 atom stereocenters. The van der Waals surface area contributed by atoms with Gasteiger partial charge in [-0.15, -0.1) is 13.1 Å². The van der Waals surface area contributed by atoms with Gasteiger partial charge in [0.2, 0.25) is 0 Å². The Kier molecular flexibility index (Phi) is 61.0. The maximum atomic E-state index is 8.00. The first-order chi connectivity index (χ1) is 5.35. The Bertz CT molecular complexity index is 120. The van der Waals surface area contributed by atoms with E-state index in [9.17, 15) is 0 Å². The normalized spacial score (nSPS) is 6.36. The zero-order valence-corrected chi connectivity index (χ0v) is 12.3. The standard InChI is InChI=1S/C5H10N4.CH3.F2.V.W/c1-3-9(4-2)5-7-8-6;;1-2;;/h1-5H2;1H3;;;/q-2;-1;;+2;. The zero-order chi connectivity index (χ0) is 9.11. The molecule has 0 rings (SSSR count). The summed E-state index contributed by atoms with van der Waals surface area (Å²) in [6.45, 7) is 8.84. The molecule has 0 aliphatic rings. The van der Waals surface area contributed by atoms with E-state index < -0.39 is 0 Å². The summed E-state index contributed by atoms with van der Waals surface area (Å²) >= 11 is 0. The van der Waals surface area contributed by atoms with Crippen LogP contribution in [0.15, 0.2) is 5.11 Å². The molecule has 0 saturated heterocycles. The maximum absolute atomic E-state index is 8.00. The molecule has 0 unspecified atom stereocenters. The van der Waals surface area contributed by atoms with Crippen LogP contribution in [0.25, 0.3) is 10.4 Å². The van der Waals surface area contributed by atoms with Crippen molar-refractivity contribution in [2.45, 2.75) is 0 Å². The van der Waals surface area contributed by atoms with Gasteiger partial charge in [-0.1, -0.05) is 5.11 Å². The summed E-state index contributed by atoms with van der Waals surface area (Å²) in [6.07, 6.45) is 0. The van der Waals surface area contributed by atoms with E-state index in [-0.39, 0.29) is 47.0 Å². The topological polar surface area (TPSA) is 52.0 Å². The summed E-state index contributed by atoms with van der Waals surface area (Å²) in [7, 11) is 0. The van der Waals surface area contributed by atoms with Crippen LogP contribution in [-0.2, 0) is 39.6 Å². The molecule has 0 heterocycles. The smallest absolute Gasteiger partial charge is 0.358 e. The van der Waals surface area contributed by atoms with Gasteiger partial charge in [0.05, 0.1) is 6.67 Å². The van der Waals surface area contributed by atoms with Gasteiger partial charge in [0.15, 0.2) is 0 Å². The van der Waals surface area contributed by atoms with Crippen LogP contribution in [0.3, 0.4) is 0 Å². The summed E-state index contributed by atoms with van der Waals surface area (Å²) in [5.41, 5.74) is 7.90. The summed E-state index contributed by atoms with van der Waals surface area (Å²) in [5, 5.41) is 3.34. The molecule has 0 N–H and O–H groups in total.